The molecule has 0 aliphatic heterocycles. The molecule has 0 radical (unpaired) electrons. The average molecular weight is 499 g/mol. The molecular weight excluding hydrogens is 472 g/mol. The number of rotatable bonds is 7. The summed E-state index contributed by atoms with van der Waals surface area (Å²) in [5.41, 5.74) is 2.44. The van der Waals surface area contributed by atoms with Gasteiger partial charge in [-0.05, 0) is 61.9 Å². The van der Waals surface area contributed by atoms with Crippen molar-refractivity contribution < 1.29 is 22.7 Å². The first-order valence-electron chi connectivity index (χ1n) is 11.0. The Hall–Kier alpha value is -3.17. The number of aryl methyl sites for hydroxylation is 2. The number of hydrogen-bond acceptors (Lipinski definition) is 6. The summed E-state index contributed by atoms with van der Waals surface area (Å²) in [5, 5.41) is 3.21. The lowest BCUT2D eigenvalue weighted by Gasteiger charge is -2.25. The van der Waals surface area contributed by atoms with Crippen LogP contribution < -0.4 is 9.62 Å². The highest BCUT2D eigenvalue weighted by atomic mass is 32.2. The molecule has 0 fully saturated rings. The van der Waals surface area contributed by atoms with Gasteiger partial charge in [0.15, 0.2) is 0 Å². The second-order valence-electron chi connectivity index (χ2n) is 8.07. The third kappa shape index (κ3) is 4.71. The number of sulfonamides is 1. The molecule has 1 aromatic heterocycles. The minimum atomic E-state index is -4.01. The summed E-state index contributed by atoms with van der Waals surface area (Å²) >= 11 is 1.36. The van der Waals surface area contributed by atoms with Gasteiger partial charge in [0.05, 0.1) is 23.3 Å². The van der Waals surface area contributed by atoms with E-state index in [1.54, 1.807) is 43.3 Å². The van der Waals surface area contributed by atoms with Crippen LogP contribution in [-0.2, 0) is 32.4 Å². The van der Waals surface area contributed by atoms with Crippen LogP contribution in [0.25, 0.3) is 0 Å². The first-order chi connectivity index (χ1) is 16.3. The zero-order valence-corrected chi connectivity index (χ0v) is 20.7. The second kappa shape index (κ2) is 9.99. The Morgan fingerprint density at radius 1 is 1.03 bits per heavy atom. The quantitative estimate of drug-likeness (QED) is 0.482. The Bertz CT molecular complexity index is 1320. The van der Waals surface area contributed by atoms with Crippen LogP contribution in [0.3, 0.4) is 0 Å². The molecule has 9 heteroatoms. The van der Waals surface area contributed by atoms with Crippen LogP contribution >= 0.6 is 11.3 Å². The van der Waals surface area contributed by atoms with Crippen molar-refractivity contribution in [1.82, 2.24) is 0 Å². The molecule has 7 nitrogen and oxygen atoms in total. The van der Waals surface area contributed by atoms with E-state index in [-0.39, 0.29) is 4.90 Å². The standard InChI is InChI=1S/C25H26N2O5S2/c1-17-10-6-8-14-20(17)27(34(30,31)18-11-4-3-5-12-18)16-22(28)26-24-23(25(29)32-2)19-13-7-9-15-21(19)33-24/h3-6,8,10-12,14H,7,9,13,15-16H2,1-2H3,(H,26,28). The highest BCUT2D eigenvalue weighted by Crippen LogP contribution is 2.38. The third-order valence-electron chi connectivity index (χ3n) is 5.82. The predicted molar refractivity (Wildman–Crippen MR) is 133 cm³/mol. The normalized spacial score (nSPS) is 13.1. The van der Waals surface area contributed by atoms with Crippen molar-refractivity contribution >= 4 is 43.9 Å². The van der Waals surface area contributed by atoms with E-state index in [2.05, 4.69) is 5.32 Å². The highest BCUT2D eigenvalue weighted by Gasteiger charge is 2.30. The molecule has 1 N–H and O–H groups in total. The summed E-state index contributed by atoms with van der Waals surface area (Å²) in [4.78, 5) is 26.9. The number of fused-ring (bicyclic) bond motifs is 1. The number of ether oxygens (including phenoxy) is 1. The summed E-state index contributed by atoms with van der Waals surface area (Å²) < 4.78 is 33.1. The molecule has 0 bridgehead atoms. The minimum absolute atomic E-state index is 0.0906. The number of nitrogens with one attached hydrogen (secondary N) is 1. The van der Waals surface area contributed by atoms with Crippen LogP contribution in [0.4, 0.5) is 10.7 Å². The van der Waals surface area contributed by atoms with Gasteiger partial charge in [-0.3, -0.25) is 9.10 Å². The van der Waals surface area contributed by atoms with Crippen LogP contribution in [0.2, 0.25) is 0 Å². The zero-order valence-electron chi connectivity index (χ0n) is 19.0. The fourth-order valence-electron chi connectivity index (χ4n) is 4.13. The first kappa shape index (κ1) is 24.0. The first-order valence-corrected chi connectivity index (χ1v) is 13.2. The van der Waals surface area contributed by atoms with E-state index in [4.69, 9.17) is 4.74 Å². The van der Waals surface area contributed by atoms with Gasteiger partial charge in [-0.15, -0.1) is 11.3 Å². The number of amides is 1. The fourth-order valence-corrected chi connectivity index (χ4v) is 6.93. The monoisotopic (exact) mass is 498 g/mol. The van der Waals surface area contributed by atoms with Crippen LogP contribution in [0.15, 0.2) is 59.5 Å². The number of carbonyl (C=O) groups excluding carboxylic acids is 2. The molecule has 0 unspecified atom stereocenters. The van der Waals surface area contributed by atoms with E-state index in [0.717, 1.165) is 46.0 Å². The summed E-state index contributed by atoms with van der Waals surface area (Å²) in [6, 6.07) is 15.0. The van der Waals surface area contributed by atoms with Gasteiger partial charge < -0.3 is 10.1 Å². The van der Waals surface area contributed by atoms with Crippen LogP contribution in [-0.4, -0.2) is 33.9 Å². The summed E-state index contributed by atoms with van der Waals surface area (Å²) in [6.45, 7) is 1.36. The summed E-state index contributed by atoms with van der Waals surface area (Å²) in [5.74, 6) is -1.03. The maximum atomic E-state index is 13.5. The molecule has 1 aliphatic carbocycles. The molecule has 2 aromatic carbocycles. The Morgan fingerprint density at radius 3 is 2.41 bits per heavy atom. The van der Waals surface area contributed by atoms with Gasteiger partial charge in [-0.25, -0.2) is 13.2 Å². The molecule has 0 atom stereocenters. The SMILES string of the molecule is COC(=O)c1c(NC(=O)CN(c2ccccc2C)S(=O)(=O)c2ccccc2)sc2c1CCCC2. The van der Waals surface area contributed by atoms with Gasteiger partial charge in [0.1, 0.15) is 11.5 Å². The molecule has 34 heavy (non-hydrogen) atoms. The third-order valence-corrected chi connectivity index (χ3v) is 8.80. The Kier molecular flexibility index (Phi) is 7.04. The maximum absolute atomic E-state index is 13.5. The molecular formula is C25H26N2O5S2. The van der Waals surface area contributed by atoms with E-state index in [9.17, 15) is 18.0 Å². The highest BCUT2D eigenvalue weighted by molar-refractivity contribution is 7.92. The maximum Gasteiger partial charge on any atom is 0.341 e. The number of thiophene rings is 1. The topological polar surface area (TPSA) is 92.8 Å². The Labute approximate surface area is 203 Å². The van der Waals surface area contributed by atoms with Gasteiger partial charge in [0.25, 0.3) is 10.0 Å². The van der Waals surface area contributed by atoms with Crippen molar-refractivity contribution in [2.45, 2.75) is 37.5 Å². The number of para-hydroxylation sites is 1. The molecule has 1 amide bonds. The molecule has 0 saturated heterocycles. The second-order valence-corrected chi connectivity index (χ2v) is 11.0. The number of methoxy groups -OCH3 is 1. The van der Waals surface area contributed by atoms with E-state index in [0.29, 0.717) is 16.3 Å². The van der Waals surface area contributed by atoms with Crippen LogP contribution in [0.5, 0.6) is 0 Å². The van der Waals surface area contributed by atoms with Gasteiger partial charge in [-0.1, -0.05) is 36.4 Å². The molecule has 0 spiro atoms. The lowest BCUT2D eigenvalue weighted by Crippen LogP contribution is -2.38. The lowest BCUT2D eigenvalue weighted by atomic mass is 9.95. The average Bonchev–Trinajstić information content (AvgIpc) is 3.20. The number of esters is 1. The molecule has 3 aromatic rings. The number of benzene rings is 2. The summed E-state index contributed by atoms with van der Waals surface area (Å²) in [7, 11) is -2.70. The van der Waals surface area contributed by atoms with Crippen molar-refractivity contribution in [3.05, 3.63) is 76.2 Å². The van der Waals surface area contributed by atoms with E-state index < -0.39 is 28.4 Å². The lowest BCUT2D eigenvalue weighted by molar-refractivity contribution is -0.114. The van der Waals surface area contributed by atoms with Crippen molar-refractivity contribution in [3.8, 4) is 0 Å². The predicted octanol–water partition coefficient (Wildman–Crippen LogP) is 4.56. The van der Waals surface area contributed by atoms with E-state index >= 15 is 0 Å². The number of anilines is 2. The number of carbonyl (C=O) groups is 2. The van der Waals surface area contributed by atoms with E-state index in [1.165, 1.54) is 30.6 Å². The summed E-state index contributed by atoms with van der Waals surface area (Å²) in [6.07, 6.45) is 3.59. The van der Waals surface area contributed by atoms with Gasteiger partial charge in [0.2, 0.25) is 5.91 Å². The van der Waals surface area contributed by atoms with Crippen molar-refractivity contribution in [2.75, 3.05) is 23.3 Å². The van der Waals surface area contributed by atoms with Crippen molar-refractivity contribution in [3.63, 3.8) is 0 Å². The molecule has 1 heterocycles. The van der Waals surface area contributed by atoms with Crippen LogP contribution in [0.1, 0.15) is 39.2 Å². The van der Waals surface area contributed by atoms with E-state index in [1.807, 2.05) is 6.07 Å². The molecule has 178 valence electrons. The zero-order chi connectivity index (χ0) is 24.3. The van der Waals surface area contributed by atoms with Gasteiger partial charge in [0, 0.05) is 4.88 Å². The number of hydrogen-bond donors (Lipinski definition) is 1. The Balaban J connectivity index is 1.68. The number of nitrogens with zero attached hydrogens (tertiary/aromatic N) is 1. The molecule has 4 rings (SSSR count). The largest absolute Gasteiger partial charge is 0.465 e. The van der Waals surface area contributed by atoms with Gasteiger partial charge >= 0.3 is 5.97 Å². The van der Waals surface area contributed by atoms with Crippen molar-refractivity contribution in [2.24, 2.45) is 0 Å². The van der Waals surface area contributed by atoms with Crippen LogP contribution in [0, 0.1) is 6.92 Å². The van der Waals surface area contributed by atoms with Crippen molar-refractivity contribution in [1.29, 1.82) is 0 Å². The fraction of sp³-hybridized carbons (Fsp3) is 0.280. The minimum Gasteiger partial charge on any atom is -0.465 e. The van der Waals surface area contributed by atoms with Gasteiger partial charge in [-0.2, -0.15) is 0 Å². The molecule has 0 saturated carbocycles. The Morgan fingerprint density at radius 2 is 1.71 bits per heavy atom. The smallest absolute Gasteiger partial charge is 0.341 e. The molecule has 1 aliphatic rings.